The summed E-state index contributed by atoms with van der Waals surface area (Å²) >= 11 is 0. The quantitative estimate of drug-likeness (QED) is 0.324. The highest BCUT2D eigenvalue weighted by Crippen LogP contribution is 2.64. The first-order chi connectivity index (χ1) is 11.8. The maximum Gasteiger partial charge on any atom is 0.232 e. The lowest BCUT2D eigenvalue weighted by Gasteiger charge is -2.53. The van der Waals surface area contributed by atoms with Gasteiger partial charge in [0.2, 0.25) is 11.6 Å². The summed E-state index contributed by atoms with van der Waals surface area (Å²) in [5.41, 5.74) is 1.27. The topological polar surface area (TPSA) is 159 Å². The molecule has 5 unspecified atom stereocenters. The van der Waals surface area contributed by atoms with Gasteiger partial charge in [-0.05, 0) is 25.9 Å². The van der Waals surface area contributed by atoms with E-state index in [4.69, 9.17) is 10.5 Å². The summed E-state index contributed by atoms with van der Waals surface area (Å²) in [6.45, 7) is 0.310. The van der Waals surface area contributed by atoms with E-state index in [0.717, 1.165) is 6.08 Å². The molecule has 4 rings (SSSR count). The standard InChI is InChI=1S/C16H18N2O7/c17-3-1-14(6-8(20)7(19)5-9(14)21)16-12(24)10(22)11(23)13-15(16,25-13)2-4-18-16/h5,12-13,18-19,24H,1-4,6,17H2. The first kappa shape index (κ1) is 16.5. The van der Waals surface area contributed by atoms with Crippen molar-refractivity contribution in [1.82, 2.24) is 5.32 Å². The molecule has 3 fully saturated rings. The number of hydrogen-bond donors (Lipinski definition) is 4. The SMILES string of the molecule is NCCC1(C23NCCC24OC4C(=O)C(=O)C3O)CC(=O)C(O)=CC1=O. The van der Waals surface area contributed by atoms with Crippen LogP contribution in [0.15, 0.2) is 11.8 Å². The van der Waals surface area contributed by atoms with Gasteiger partial charge in [-0.1, -0.05) is 0 Å². The maximum absolute atomic E-state index is 12.9. The van der Waals surface area contributed by atoms with Crippen LogP contribution in [-0.2, 0) is 23.9 Å². The number of rotatable bonds is 3. The highest BCUT2D eigenvalue weighted by atomic mass is 16.6. The van der Waals surface area contributed by atoms with Crippen LogP contribution in [0, 0.1) is 5.41 Å². The molecule has 9 nitrogen and oxygen atoms in total. The number of allylic oxidation sites excluding steroid dienone is 2. The van der Waals surface area contributed by atoms with Crippen molar-refractivity contribution in [3.63, 3.8) is 0 Å². The largest absolute Gasteiger partial charge is 0.504 e. The molecule has 2 heterocycles. The Morgan fingerprint density at radius 1 is 1.28 bits per heavy atom. The molecule has 0 aromatic carbocycles. The third-order valence-corrected chi connectivity index (χ3v) is 6.22. The van der Waals surface area contributed by atoms with Gasteiger partial charge < -0.3 is 26.0 Å². The number of carbonyl (C=O) groups is 4. The zero-order valence-corrected chi connectivity index (χ0v) is 13.3. The summed E-state index contributed by atoms with van der Waals surface area (Å²) in [5.74, 6) is -3.81. The van der Waals surface area contributed by atoms with Crippen LogP contribution >= 0.6 is 0 Å². The van der Waals surface area contributed by atoms with Crippen molar-refractivity contribution in [3.05, 3.63) is 11.8 Å². The molecule has 0 aromatic heterocycles. The van der Waals surface area contributed by atoms with Crippen molar-refractivity contribution in [2.45, 2.75) is 42.6 Å². The van der Waals surface area contributed by atoms with Gasteiger partial charge in [-0.3, -0.25) is 19.2 Å². The molecule has 0 bridgehead atoms. The Morgan fingerprint density at radius 2 is 2.00 bits per heavy atom. The van der Waals surface area contributed by atoms with Crippen LogP contribution < -0.4 is 11.1 Å². The first-order valence-corrected chi connectivity index (χ1v) is 8.15. The highest BCUT2D eigenvalue weighted by molar-refractivity contribution is 6.43. The second-order valence-electron chi connectivity index (χ2n) is 7.12. The van der Waals surface area contributed by atoms with E-state index in [0.29, 0.717) is 13.0 Å². The molecule has 5 atom stereocenters. The lowest BCUT2D eigenvalue weighted by molar-refractivity contribution is -0.160. The second kappa shape index (κ2) is 4.82. The summed E-state index contributed by atoms with van der Waals surface area (Å²) in [5, 5.41) is 23.4. The van der Waals surface area contributed by atoms with E-state index in [9.17, 15) is 29.4 Å². The Labute approximate surface area is 142 Å². The number of nitrogens with two attached hydrogens (primary N) is 1. The molecule has 134 valence electrons. The van der Waals surface area contributed by atoms with Gasteiger partial charge >= 0.3 is 0 Å². The molecule has 0 amide bonds. The zero-order valence-electron chi connectivity index (χ0n) is 13.3. The number of ether oxygens (including phenoxy) is 1. The third-order valence-electron chi connectivity index (χ3n) is 6.22. The molecule has 2 aliphatic carbocycles. The van der Waals surface area contributed by atoms with Crippen LogP contribution in [0.3, 0.4) is 0 Å². The highest BCUT2D eigenvalue weighted by Gasteiger charge is 2.86. The summed E-state index contributed by atoms with van der Waals surface area (Å²) in [6.07, 6.45) is -2.17. The molecule has 0 aromatic rings. The Morgan fingerprint density at radius 3 is 2.68 bits per heavy atom. The van der Waals surface area contributed by atoms with Gasteiger partial charge in [0.25, 0.3) is 0 Å². The van der Waals surface area contributed by atoms with E-state index in [2.05, 4.69) is 5.32 Å². The molecule has 9 heteroatoms. The van der Waals surface area contributed by atoms with Crippen molar-refractivity contribution >= 4 is 23.1 Å². The number of aliphatic hydroxyl groups is 2. The van der Waals surface area contributed by atoms with E-state index in [1.54, 1.807) is 0 Å². The van der Waals surface area contributed by atoms with Gasteiger partial charge in [0.05, 0.1) is 11.0 Å². The Hall–Kier alpha value is -1.94. The fourth-order valence-electron chi connectivity index (χ4n) is 5.13. The van der Waals surface area contributed by atoms with Crippen LogP contribution in [0.25, 0.3) is 0 Å². The van der Waals surface area contributed by atoms with Crippen LogP contribution in [0.1, 0.15) is 19.3 Å². The fourth-order valence-corrected chi connectivity index (χ4v) is 5.13. The van der Waals surface area contributed by atoms with E-state index < -0.39 is 64.1 Å². The molecule has 5 N–H and O–H groups in total. The third kappa shape index (κ3) is 1.62. The fraction of sp³-hybridized carbons (Fsp3) is 0.625. The number of carbonyl (C=O) groups excluding carboxylic acids is 4. The van der Waals surface area contributed by atoms with E-state index >= 15 is 0 Å². The monoisotopic (exact) mass is 350 g/mol. The van der Waals surface area contributed by atoms with Crippen LogP contribution in [-0.4, -0.2) is 69.8 Å². The van der Waals surface area contributed by atoms with Crippen molar-refractivity contribution < 1.29 is 34.1 Å². The minimum Gasteiger partial charge on any atom is -0.504 e. The normalized spacial score (nSPS) is 45.9. The van der Waals surface area contributed by atoms with Gasteiger partial charge in [0.15, 0.2) is 23.4 Å². The summed E-state index contributed by atoms with van der Waals surface area (Å²) < 4.78 is 5.60. The molecule has 4 aliphatic rings. The van der Waals surface area contributed by atoms with Gasteiger partial charge in [-0.25, -0.2) is 0 Å². The van der Waals surface area contributed by atoms with Gasteiger partial charge in [0.1, 0.15) is 11.7 Å². The second-order valence-corrected chi connectivity index (χ2v) is 7.12. The molecule has 1 saturated carbocycles. The summed E-state index contributed by atoms with van der Waals surface area (Å²) in [4.78, 5) is 49.6. The summed E-state index contributed by atoms with van der Waals surface area (Å²) in [6, 6.07) is 0. The number of Topliss-reactive ketones (excluding diaryl/α,β-unsaturated/α-hetero) is 3. The first-order valence-electron chi connectivity index (χ1n) is 8.15. The van der Waals surface area contributed by atoms with Crippen LogP contribution in [0.2, 0.25) is 0 Å². The molecular formula is C16H18N2O7. The van der Waals surface area contributed by atoms with Crippen molar-refractivity contribution in [3.8, 4) is 0 Å². The lowest BCUT2D eigenvalue weighted by Crippen LogP contribution is -2.77. The molecular weight excluding hydrogens is 332 g/mol. The average Bonchev–Trinajstić information content (AvgIpc) is 3.16. The molecule has 2 aliphatic heterocycles. The molecule has 0 radical (unpaired) electrons. The zero-order chi connectivity index (χ0) is 18.2. The van der Waals surface area contributed by atoms with Crippen molar-refractivity contribution in [1.29, 1.82) is 0 Å². The predicted octanol–water partition coefficient (Wildman–Crippen LogP) is -2.31. The lowest BCUT2D eigenvalue weighted by atomic mass is 9.51. The maximum atomic E-state index is 12.9. The average molecular weight is 350 g/mol. The predicted molar refractivity (Wildman–Crippen MR) is 80.4 cm³/mol. The molecule has 25 heavy (non-hydrogen) atoms. The van der Waals surface area contributed by atoms with Crippen LogP contribution in [0.4, 0.5) is 0 Å². The van der Waals surface area contributed by atoms with Crippen molar-refractivity contribution in [2.24, 2.45) is 11.1 Å². The molecule has 1 spiro atoms. The smallest absolute Gasteiger partial charge is 0.232 e. The summed E-state index contributed by atoms with van der Waals surface area (Å²) in [7, 11) is 0. The minimum atomic E-state index is -1.84. The number of epoxide rings is 1. The van der Waals surface area contributed by atoms with E-state index in [1.165, 1.54) is 0 Å². The Bertz CT molecular complexity index is 762. The van der Waals surface area contributed by atoms with Gasteiger partial charge in [-0.15, -0.1) is 0 Å². The number of nitrogens with one attached hydrogen (secondary N) is 1. The number of aliphatic hydroxyl groups excluding tert-OH is 2. The van der Waals surface area contributed by atoms with Gasteiger partial charge in [-0.2, -0.15) is 0 Å². The number of hydrogen-bond acceptors (Lipinski definition) is 9. The minimum absolute atomic E-state index is 0.00660. The Kier molecular flexibility index (Phi) is 3.19. The van der Waals surface area contributed by atoms with Crippen LogP contribution in [0.5, 0.6) is 0 Å². The van der Waals surface area contributed by atoms with Crippen molar-refractivity contribution in [2.75, 3.05) is 13.1 Å². The molecule has 2 saturated heterocycles. The van der Waals surface area contributed by atoms with Gasteiger partial charge in [0, 0.05) is 12.5 Å². The van der Waals surface area contributed by atoms with E-state index in [-0.39, 0.29) is 13.0 Å². The number of ketones is 4. The van der Waals surface area contributed by atoms with E-state index in [1.807, 2.05) is 0 Å². The Balaban J connectivity index is 1.95.